The zero-order valence-corrected chi connectivity index (χ0v) is 22.2. The van der Waals surface area contributed by atoms with Crippen molar-refractivity contribution in [1.29, 1.82) is 0 Å². The van der Waals surface area contributed by atoms with E-state index in [4.69, 9.17) is 4.74 Å². The van der Waals surface area contributed by atoms with Crippen LogP contribution in [0.15, 0.2) is 59.5 Å². The van der Waals surface area contributed by atoms with E-state index in [1.54, 1.807) is 24.3 Å². The van der Waals surface area contributed by atoms with Crippen LogP contribution in [0.2, 0.25) is 0 Å². The van der Waals surface area contributed by atoms with Crippen LogP contribution in [0.3, 0.4) is 0 Å². The van der Waals surface area contributed by atoms with Gasteiger partial charge in [-0.15, -0.1) is 0 Å². The molecular weight excluding hydrogens is 514 g/mol. The zero-order chi connectivity index (χ0) is 27.1. The third kappa shape index (κ3) is 6.76. The highest BCUT2D eigenvalue weighted by molar-refractivity contribution is 7.88. The molecule has 2 heterocycles. The molecule has 0 bridgehead atoms. The molecule has 0 saturated carbocycles. The second kappa shape index (κ2) is 12.5. The van der Waals surface area contributed by atoms with Gasteiger partial charge >= 0.3 is 5.56 Å². The van der Waals surface area contributed by atoms with Crippen LogP contribution in [0.5, 0.6) is 5.75 Å². The summed E-state index contributed by atoms with van der Waals surface area (Å²) in [7, 11) is -3.51. The van der Waals surface area contributed by atoms with Gasteiger partial charge in [0.15, 0.2) is 0 Å². The smallest absolute Gasteiger partial charge is 0.316 e. The molecule has 2 aromatic carbocycles. The van der Waals surface area contributed by atoms with Gasteiger partial charge in [0.25, 0.3) is 0 Å². The minimum Gasteiger partial charge on any atom is -0.486 e. The lowest BCUT2D eigenvalue weighted by atomic mass is 10.2. The minimum atomic E-state index is -3.51. The number of hydrogen-bond donors (Lipinski definition) is 0. The Morgan fingerprint density at radius 3 is 2.29 bits per heavy atom. The first-order valence-corrected chi connectivity index (χ1v) is 14.4. The Bertz CT molecular complexity index is 1370. The van der Waals surface area contributed by atoms with Crippen LogP contribution in [-0.4, -0.2) is 55.3 Å². The number of ether oxygens (including phenoxy) is 1. The molecule has 4 rings (SSSR count). The van der Waals surface area contributed by atoms with Gasteiger partial charge in [-0.2, -0.15) is 14.1 Å². The Labute approximate surface area is 221 Å². The average Bonchev–Trinajstić information content (AvgIpc) is 2.89. The van der Waals surface area contributed by atoms with Crippen molar-refractivity contribution in [2.24, 2.45) is 0 Å². The molecule has 0 atom stereocenters. The van der Waals surface area contributed by atoms with E-state index < -0.39 is 27.2 Å². The van der Waals surface area contributed by atoms with Gasteiger partial charge in [0.05, 0.1) is 24.2 Å². The maximum absolute atomic E-state index is 13.8. The van der Waals surface area contributed by atoms with Crippen LogP contribution in [0.1, 0.15) is 38.2 Å². The maximum atomic E-state index is 13.8. The van der Waals surface area contributed by atoms with E-state index in [1.165, 1.54) is 10.5 Å². The molecule has 8 nitrogen and oxygen atoms in total. The van der Waals surface area contributed by atoms with Crippen LogP contribution in [-0.2, 0) is 15.8 Å². The lowest BCUT2D eigenvalue weighted by Crippen LogP contribution is -2.49. The first-order valence-electron chi connectivity index (χ1n) is 12.8. The molecule has 0 unspecified atom stereocenters. The predicted octanol–water partition coefficient (Wildman–Crippen LogP) is 4.12. The third-order valence-corrected chi connectivity index (χ3v) is 8.27. The van der Waals surface area contributed by atoms with E-state index in [-0.39, 0.29) is 30.3 Å². The summed E-state index contributed by atoms with van der Waals surface area (Å²) in [5.74, 6) is -1.70. The number of nitrogens with zero attached hydrogens (tertiary/aromatic N) is 4. The highest BCUT2D eigenvalue weighted by Crippen LogP contribution is 2.27. The van der Waals surface area contributed by atoms with Crippen LogP contribution in [0.25, 0.3) is 5.69 Å². The Morgan fingerprint density at radius 1 is 0.947 bits per heavy atom. The Kier molecular flexibility index (Phi) is 9.11. The summed E-state index contributed by atoms with van der Waals surface area (Å²) < 4.78 is 61.9. The molecular formula is C27H32F2N4O4S. The van der Waals surface area contributed by atoms with Crippen LogP contribution in [0.4, 0.5) is 14.5 Å². The summed E-state index contributed by atoms with van der Waals surface area (Å²) in [6.07, 6.45) is 5.21. The van der Waals surface area contributed by atoms with Gasteiger partial charge in [0.1, 0.15) is 17.3 Å². The Balaban J connectivity index is 1.55. The molecule has 0 aliphatic carbocycles. The molecule has 38 heavy (non-hydrogen) atoms. The molecule has 0 amide bonds. The summed E-state index contributed by atoms with van der Waals surface area (Å²) in [6, 6.07) is 11.8. The first kappa shape index (κ1) is 27.7. The van der Waals surface area contributed by atoms with Gasteiger partial charge in [-0.05, 0) is 24.1 Å². The van der Waals surface area contributed by atoms with Crippen LogP contribution >= 0.6 is 0 Å². The quantitative estimate of drug-likeness (QED) is 0.337. The van der Waals surface area contributed by atoms with Gasteiger partial charge < -0.3 is 9.64 Å². The summed E-state index contributed by atoms with van der Waals surface area (Å²) in [5.41, 5.74) is 0.461. The highest BCUT2D eigenvalue weighted by Gasteiger charge is 2.29. The van der Waals surface area contributed by atoms with Gasteiger partial charge in [0, 0.05) is 32.2 Å². The van der Waals surface area contributed by atoms with E-state index in [1.807, 2.05) is 11.0 Å². The number of anilines is 1. The lowest BCUT2D eigenvalue weighted by Gasteiger charge is -2.35. The van der Waals surface area contributed by atoms with E-state index in [0.717, 1.165) is 54.1 Å². The molecule has 204 valence electrons. The topological polar surface area (TPSA) is 84.7 Å². The molecule has 1 aromatic heterocycles. The summed E-state index contributed by atoms with van der Waals surface area (Å²) in [4.78, 5) is 15.3. The minimum absolute atomic E-state index is 0.0294. The number of benzene rings is 2. The average molecular weight is 547 g/mol. The number of aromatic nitrogens is 2. The summed E-state index contributed by atoms with van der Waals surface area (Å²) in [6.45, 7) is 3.54. The van der Waals surface area contributed by atoms with Crippen molar-refractivity contribution in [3.05, 3.63) is 82.3 Å². The molecule has 1 fully saturated rings. The fraction of sp³-hybridized carbons (Fsp3) is 0.407. The standard InChI is InChI=1S/C27H32F2N4O4S/c1-2-3-4-8-15-37-26-25(19-30-33(27(26)34)24-17-22(28)16-23(29)18-24)31-11-13-32(14-12-31)38(35,36)20-21-9-6-5-7-10-21/h5-7,9-10,16-19H,2-4,8,11-15,20H2,1H3. The molecule has 0 N–H and O–H groups in total. The molecule has 1 aliphatic heterocycles. The number of halogens is 2. The van der Waals surface area contributed by atoms with Gasteiger partial charge in [0.2, 0.25) is 15.8 Å². The van der Waals surface area contributed by atoms with Crippen molar-refractivity contribution in [2.75, 3.05) is 37.7 Å². The number of rotatable bonds is 11. The lowest BCUT2D eigenvalue weighted by molar-refractivity contribution is 0.297. The Morgan fingerprint density at radius 2 is 1.63 bits per heavy atom. The maximum Gasteiger partial charge on any atom is 0.316 e. The predicted molar refractivity (Wildman–Crippen MR) is 142 cm³/mol. The Hall–Kier alpha value is -3.31. The van der Waals surface area contributed by atoms with Crippen molar-refractivity contribution < 1.29 is 21.9 Å². The molecule has 0 spiro atoms. The van der Waals surface area contributed by atoms with Crippen molar-refractivity contribution in [3.63, 3.8) is 0 Å². The number of hydrogen-bond acceptors (Lipinski definition) is 6. The first-order chi connectivity index (χ1) is 18.3. The van der Waals surface area contributed by atoms with Crippen molar-refractivity contribution in [1.82, 2.24) is 14.1 Å². The number of sulfonamides is 1. The van der Waals surface area contributed by atoms with Crippen molar-refractivity contribution in [3.8, 4) is 11.4 Å². The zero-order valence-electron chi connectivity index (χ0n) is 21.4. The normalized spacial score (nSPS) is 14.6. The van der Waals surface area contributed by atoms with Crippen LogP contribution in [0, 0.1) is 11.6 Å². The van der Waals surface area contributed by atoms with Gasteiger partial charge in [-0.3, -0.25) is 4.79 Å². The largest absolute Gasteiger partial charge is 0.486 e. The SMILES string of the molecule is CCCCCCOc1c(N2CCN(S(=O)(=O)Cc3ccccc3)CC2)cnn(-c2cc(F)cc(F)c2)c1=O. The molecule has 11 heteroatoms. The fourth-order valence-electron chi connectivity index (χ4n) is 4.42. The summed E-state index contributed by atoms with van der Waals surface area (Å²) in [5, 5.41) is 4.17. The van der Waals surface area contributed by atoms with Crippen molar-refractivity contribution in [2.45, 2.75) is 38.4 Å². The van der Waals surface area contributed by atoms with E-state index in [9.17, 15) is 22.0 Å². The number of piperazine rings is 1. The van der Waals surface area contributed by atoms with Gasteiger partial charge in [-0.1, -0.05) is 56.5 Å². The second-order valence-electron chi connectivity index (χ2n) is 9.24. The second-order valence-corrected chi connectivity index (χ2v) is 11.2. The van der Waals surface area contributed by atoms with Crippen molar-refractivity contribution >= 4 is 15.7 Å². The molecule has 0 radical (unpaired) electrons. The highest BCUT2D eigenvalue weighted by atomic mass is 32.2. The van der Waals surface area contributed by atoms with E-state index in [0.29, 0.717) is 25.4 Å². The van der Waals surface area contributed by atoms with Gasteiger partial charge in [-0.25, -0.2) is 17.2 Å². The fourth-order valence-corrected chi connectivity index (χ4v) is 5.94. The number of unbranched alkanes of at least 4 members (excludes halogenated alkanes) is 3. The molecule has 3 aromatic rings. The van der Waals surface area contributed by atoms with E-state index >= 15 is 0 Å². The van der Waals surface area contributed by atoms with E-state index in [2.05, 4.69) is 12.0 Å². The molecule has 1 aliphatic rings. The molecule has 1 saturated heterocycles. The monoisotopic (exact) mass is 546 g/mol. The van der Waals surface area contributed by atoms with Crippen LogP contribution < -0.4 is 15.2 Å². The third-order valence-electron chi connectivity index (χ3n) is 6.42. The summed E-state index contributed by atoms with van der Waals surface area (Å²) >= 11 is 0.